The van der Waals surface area contributed by atoms with E-state index >= 15 is 0 Å². The molecule has 0 aliphatic carbocycles. The lowest BCUT2D eigenvalue weighted by atomic mass is 10.1. The molecule has 3 aliphatic rings. The molecule has 0 amide bonds. The van der Waals surface area contributed by atoms with Crippen LogP contribution >= 0.6 is 0 Å². The van der Waals surface area contributed by atoms with E-state index in [1.54, 1.807) is 35.6 Å². The molecule has 3 aromatic heterocycles. The summed E-state index contributed by atoms with van der Waals surface area (Å²) >= 11 is 0. The molecule has 40 heavy (non-hydrogen) atoms. The lowest BCUT2D eigenvalue weighted by Gasteiger charge is -2.23. The lowest BCUT2D eigenvalue weighted by Crippen LogP contribution is -2.35. The molecule has 5 atom stereocenters. The molecule has 3 fully saturated rings. The van der Waals surface area contributed by atoms with Crippen LogP contribution in [-0.2, 0) is 23.7 Å². The minimum absolute atomic E-state index is 0.0627. The van der Waals surface area contributed by atoms with Crippen molar-refractivity contribution in [2.45, 2.75) is 63.6 Å². The van der Waals surface area contributed by atoms with Crippen LogP contribution in [0, 0.1) is 6.92 Å². The van der Waals surface area contributed by atoms with E-state index in [2.05, 4.69) is 27.5 Å². The highest BCUT2D eigenvalue weighted by atomic mass is 16.8. The first kappa shape index (κ1) is 25.1. The first-order valence-corrected chi connectivity index (χ1v) is 13.2. The third-order valence-electron chi connectivity index (χ3n) is 7.40. The summed E-state index contributed by atoms with van der Waals surface area (Å²) in [6.07, 6.45) is 2.54. The van der Waals surface area contributed by atoms with Gasteiger partial charge in [0.1, 0.15) is 12.2 Å². The van der Waals surface area contributed by atoms with E-state index in [9.17, 15) is 9.90 Å². The third-order valence-corrected chi connectivity index (χ3v) is 7.40. The molecule has 2 unspecified atom stereocenters. The van der Waals surface area contributed by atoms with Gasteiger partial charge in [0.15, 0.2) is 35.1 Å². The predicted octanol–water partition coefficient (Wildman–Crippen LogP) is 2.69. The molecule has 6 heterocycles. The zero-order chi connectivity index (χ0) is 27.6. The number of carboxylic acid groups (broad SMARTS) is 1. The maximum Gasteiger partial charge on any atom is 0.335 e. The van der Waals surface area contributed by atoms with E-state index in [0.717, 1.165) is 17.5 Å². The van der Waals surface area contributed by atoms with Gasteiger partial charge in [0.25, 0.3) is 5.95 Å². The van der Waals surface area contributed by atoms with E-state index in [0.29, 0.717) is 36.1 Å². The molecule has 3 saturated heterocycles. The number of hydrogen-bond donors (Lipinski definition) is 2. The Kier molecular flexibility index (Phi) is 5.85. The van der Waals surface area contributed by atoms with Gasteiger partial charge in [-0.2, -0.15) is 15.1 Å². The molecule has 13 nitrogen and oxygen atoms in total. The average molecular weight is 548 g/mol. The second kappa shape index (κ2) is 9.34. The molecule has 0 radical (unpaired) electrons. The normalized spacial score (nSPS) is 27.3. The topological polar surface area (TPSA) is 148 Å². The molecule has 208 valence electrons. The molecule has 13 heteroatoms. The monoisotopic (exact) mass is 547 g/mol. The Morgan fingerprint density at radius 2 is 1.93 bits per heavy atom. The Morgan fingerprint density at radius 1 is 1.12 bits per heavy atom. The van der Waals surface area contributed by atoms with Crippen LogP contribution < -0.4 is 5.32 Å². The molecule has 0 bridgehead atoms. The largest absolute Gasteiger partial charge is 0.479 e. The zero-order valence-electron chi connectivity index (χ0n) is 22.2. The number of aliphatic carboxylic acids is 1. The maximum atomic E-state index is 12.0. The number of hydrogen-bond acceptors (Lipinski definition) is 10. The Morgan fingerprint density at radius 3 is 2.67 bits per heavy atom. The van der Waals surface area contributed by atoms with Crippen molar-refractivity contribution >= 4 is 23.0 Å². The van der Waals surface area contributed by atoms with E-state index < -0.39 is 36.3 Å². The van der Waals surface area contributed by atoms with Gasteiger partial charge in [-0.25, -0.2) is 14.5 Å². The number of nitrogens with one attached hydrogen (secondary N) is 1. The minimum Gasteiger partial charge on any atom is -0.479 e. The van der Waals surface area contributed by atoms with E-state index in [4.69, 9.17) is 28.9 Å². The summed E-state index contributed by atoms with van der Waals surface area (Å²) in [6.45, 7) is 6.76. The fourth-order valence-electron chi connectivity index (χ4n) is 5.46. The number of aromatic nitrogens is 6. The van der Waals surface area contributed by atoms with E-state index in [1.807, 2.05) is 25.3 Å². The van der Waals surface area contributed by atoms with Crippen LogP contribution in [0.25, 0.3) is 28.2 Å². The lowest BCUT2D eigenvalue weighted by molar-refractivity contribution is -0.202. The number of rotatable bonds is 6. The number of imidazole rings is 1. The smallest absolute Gasteiger partial charge is 0.335 e. The molecule has 7 rings (SSSR count). The van der Waals surface area contributed by atoms with Crippen molar-refractivity contribution in [2.75, 3.05) is 18.5 Å². The first-order valence-electron chi connectivity index (χ1n) is 13.2. The van der Waals surface area contributed by atoms with Gasteiger partial charge in [0.05, 0.1) is 25.2 Å². The molecule has 0 saturated carbocycles. The van der Waals surface area contributed by atoms with Gasteiger partial charge >= 0.3 is 5.97 Å². The maximum absolute atomic E-state index is 12.0. The fourth-order valence-corrected chi connectivity index (χ4v) is 5.46. The zero-order valence-corrected chi connectivity index (χ0v) is 22.2. The van der Waals surface area contributed by atoms with Crippen molar-refractivity contribution < 1.29 is 28.8 Å². The van der Waals surface area contributed by atoms with Crippen LogP contribution in [0.2, 0.25) is 0 Å². The van der Waals surface area contributed by atoms with Gasteiger partial charge in [-0.05, 0) is 32.8 Å². The summed E-state index contributed by atoms with van der Waals surface area (Å²) < 4.78 is 26.8. The minimum atomic E-state index is -1.20. The van der Waals surface area contributed by atoms with Gasteiger partial charge in [-0.1, -0.05) is 29.8 Å². The van der Waals surface area contributed by atoms with Crippen molar-refractivity contribution in [1.82, 2.24) is 29.3 Å². The van der Waals surface area contributed by atoms with Gasteiger partial charge in [0.2, 0.25) is 0 Å². The fraction of sp³-hybridized carbons (Fsp3) is 0.444. The number of carboxylic acids is 1. The second-order valence-electron chi connectivity index (χ2n) is 10.8. The van der Waals surface area contributed by atoms with Crippen LogP contribution in [0.5, 0.6) is 0 Å². The Bertz CT molecular complexity index is 1580. The van der Waals surface area contributed by atoms with Crippen molar-refractivity contribution in [3.8, 4) is 17.1 Å². The summed E-state index contributed by atoms with van der Waals surface area (Å²) in [6, 6.07) is 8.25. The molecule has 2 N–H and O–H groups in total. The number of anilines is 1. The highest BCUT2D eigenvalue weighted by Crippen LogP contribution is 2.44. The standard InChI is InChI=1S/C27H29N7O6/c1-14-4-6-15(7-5-14)16-10-29-34(11-16)26-31-22(30-17-8-9-37-12-17)18-23(32-26)33(13-28-18)24-20-19(21(38-24)25(35)36)39-27(2,3)40-20/h4-7,10-11,13,17,19-21,24H,8-9,12H2,1-3H3,(H,35,36)(H,30,31,32)/t17?,19-,20+,21?,24+/m0/s1. The van der Waals surface area contributed by atoms with Crippen LogP contribution in [-0.4, -0.2) is 83.7 Å². The number of nitrogens with zero attached hydrogens (tertiary/aromatic N) is 6. The van der Waals surface area contributed by atoms with E-state index in [-0.39, 0.29) is 6.04 Å². The van der Waals surface area contributed by atoms with Crippen molar-refractivity contribution in [1.29, 1.82) is 0 Å². The van der Waals surface area contributed by atoms with Crippen LogP contribution in [0.15, 0.2) is 43.0 Å². The SMILES string of the molecule is Cc1ccc(-c2cnn(-c3nc(NC4CCOC4)c4ncn([C@@H]5OC(C(=O)O)[C@H]6OC(C)(C)O[C@H]65)c4n3)c2)cc1. The van der Waals surface area contributed by atoms with E-state index in [1.165, 1.54) is 5.56 Å². The molecular weight excluding hydrogens is 518 g/mol. The summed E-state index contributed by atoms with van der Waals surface area (Å²) in [5.41, 5.74) is 4.07. The highest BCUT2D eigenvalue weighted by Gasteiger charge is 2.58. The van der Waals surface area contributed by atoms with Gasteiger partial charge < -0.3 is 29.4 Å². The molecule has 3 aliphatic heterocycles. The van der Waals surface area contributed by atoms with Crippen molar-refractivity contribution in [3.63, 3.8) is 0 Å². The van der Waals surface area contributed by atoms with Gasteiger partial charge in [-0.3, -0.25) is 4.57 Å². The Balaban J connectivity index is 1.32. The molecule has 0 spiro atoms. The summed E-state index contributed by atoms with van der Waals surface area (Å²) in [7, 11) is 0. The summed E-state index contributed by atoms with van der Waals surface area (Å²) in [5, 5.41) is 17.8. The van der Waals surface area contributed by atoms with Gasteiger partial charge in [0, 0.05) is 18.4 Å². The average Bonchev–Trinajstić information content (AvgIpc) is 3.73. The number of ether oxygens (including phenoxy) is 4. The number of carbonyl (C=O) groups is 1. The van der Waals surface area contributed by atoms with Crippen molar-refractivity contribution in [2.24, 2.45) is 0 Å². The van der Waals surface area contributed by atoms with Crippen molar-refractivity contribution in [3.05, 3.63) is 48.5 Å². The van der Waals surface area contributed by atoms with Crippen LogP contribution in [0.4, 0.5) is 5.82 Å². The quantitative estimate of drug-likeness (QED) is 0.367. The Labute approximate surface area is 229 Å². The summed E-state index contributed by atoms with van der Waals surface area (Å²) in [4.78, 5) is 26.2. The molecule has 4 aromatic rings. The van der Waals surface area contributed by atoms with Crippen LogP contribution in [0.3, 0.4) is 0 Å². The number of benzene rings is 1. The van der Waals surface area contributed by atoms with Crippen LogP contribution in [0.1, 0.15) is 32.1 Å². The Hall–Kier alpha value is -3.91. The molecular formula is C27H29N7O6. The van der Waals surface area contributed by atoms with Gasteiger partial charge in [-0.15, -0.1) is 0 Å². The first-order chi connectivity index (χ1) is 19.3. The predicted molar refractivity (Wildman–Crippen MR) is 141 cm³/mol. The number of aryl methyl sites for hydroxylation is 1. The number of fused-ring (bicyclic) bond motifs is 2. The highest BCUT2D eigenvalue weighted by molar-refractivity contribution is 5.84. The second-order valence-corrected chi connectivity index (χ2v) is 10.8. The molecule has 1 aromatic carbocycles. The summed E-state index contributed by atoms with van der Waals surface area (Å²) in [5.74, 6) is -1.24. The third kappa shape index (κ3) is 4.31.